The molecule has 1 aliphatic rings. The van der Waals surface area contributed by atoms with Gasteiger partial charge in [0.1, 0.15) is 5.75 Å². The van der Waals surface area contributed by atoms with Crippen molar-refractivity contribution in [3.05, 3.63) is 69.8 Å². The highest BCUT2D eigenvalue weighted by molar-refractivity contribution is 5.33. The summed E-state index contributed by atoms with van der Waals surface area (Å²) in [6.45, 7) is 5.73. The molecule has 1 heterocycles. The zero-order valence-corrected chi connectivity index (χ0v) is 14.4. The molecule has 0 aliphatic carbocycles. The lowest BCUT2D eigenvalue weighted by atomic mass is 10.1. The summed E-state index contributed by atoms with van der Waals surface area (Å²) in [7, 11) is 1.71. The van der Waals surface area contributed by atoms with Crippen LogP contribution in [0, 0.1) is 10.1 Å². The van der Waals surface area contributed by atoms with Crippen molar-refractivity contribution in [2.24, 2.45) is 0 Å². The van der Waals surface area contributed by atoms with Gasteiger partial charge in [-0.25, -0.2) is 0 Å². The quantitative estimate of drug-likeness (QED) is 0.597. The first-order valence-corrected chi connectivity index (χ1v) is 8.45. The number of nitrogens with zero attached hydrogens (tertiary/aromatic N) is 3. The second kappa shape index (κ2) is 8.09. The minimum absolute atomic E-state index is 0.144. The number of para-hydroxylation sites is 1. The van der Waals surface area contributed by atoms with E-state index in [0.717, 1.165) is 50.6 Å². The summed E-state index contributed by atoms with van der Waals surface area (Å²) < 4.78 is 5.43. The lowest BCUT2D eigenvalue weighted by Crippen LogP contribution is -2.45. The van der Waals surface area contributed by atoms with Crippen LogP contribution >= 0.6 is 0 Å². The molecule has 0 atom stereocenters. The van der Waals surface area contributed by atoms with Crippen molar-refractivity contribution in [1.82, 2.24) is 9.80 Å². The molecular weight excluding hydrogens is 318 g/mol. The van der Waals surface area contributed by atoms with Crippen LogP contribution in [0.2, 0.25) is 0 Å². The van der Waals surface area contributed by atoms with Crippen LogP contribution in [0.3, 0.4) is 0 Å². The van der Waals surface area contributed by atoms with Gasteiger partial charge >= 0.3 is 0 Å². The van der Waals surface area contributed by atoms with Crippen LogP contribution in [-0.4, -0.2) is 48.0 Å². The summed E-state index contributed by atoms with van der Waals surface area (Å²) in [6.07, 6.45) is 0. The van der Waals surface area contributed by atoms with Gasteiger partial charge in [0.15, 0.2) is 0 Å². The Labute approximate surface area is 147 Å². The molecule has 1 fully saturated rings. The van der Waals surface area contributed by atoms with Crippen molar-refractivity contribution >= 4 is 5.69 Å². The minimum Gasteiger partial charge on any atom is -0.496 e. The first-order chi connectivity index (χ1) is 12.2. The molecule has 1 saturated heterocycles. The molecule has 25 heavy (non-hydrogen) atoms. The predicted octanol–water partition coefficient (Wildman–Crippen LogP) is 2.92. The Morgan fingerprint density at radius 1 is 0.960 bits per heavy atom. The smallest absolute Gasteiger partial charge is 0.269 e. The fraction of sp³-hybridized carbons (Fsp3) is 0.368. The molecule has 0 bridgehead atoms. The van der Waals surface area contributed by atoms with E-state index < -0.39 is 0 Å². The van der Waals surface area contributed by atoms with Crippen LogP contribution in [-0.2, 0) is 13.1 Å². The normalized spacial score (nSPS) is 15.9. The van der Waals surface area contributed by atoms with Crippen LogP contribution < -0.4 is 4.74 Å². The van der Waals surface area contributed by atoms with Gasteiger partial charge in [0.2, 0.25) is 0 Å². The zero-order chi connectivity index (χ0) is 17.6. The minimum atomic E-state index is -0.361. The van der Waals surface area contributed by atoms with Gasteiger partial charge in [-0.15, -0.1) is 0 Å². The first-order valence-electron chi connectivity index (χ1n) is 8.45. The van der Waals surface area contributed by atoms with Crippen molar-refractivity contribution in [2.75, 3.05) is 33.3 Å². The monoisotopic (exact) mass is 341 g/mol. The van der Waals surface area contributed by atoms with Gasteiger partial charge in [-0.1, -0.05) is 30.3 Å². The highest BCUT2D eigenvalue weighted by atomic mass is 16.6. The topological polar surface area (TPSA) is 58.8 Å². The van der Waals surface area contributed by atoms with Crippen LogP contribution in [0.4, 0.5) is 5.69 Å². The number of methoxy groups -OCH3 is 1. The maximum absolute atomic E-state index is 10.7. The van der Waals surface area contributed by atoms with Crippen LogP contribution in [0.1, 0.15) is 11.1 Å². The predicted molar refractivity (Wildman–Crippen MR) is 96.6 cm³/mol. The van der Waals surface area contributed by atoms with Gasteiger partial charge in [0, 0.05) is 57.0 Å². The van der Waals surface area contributed by atoms with E-state index in [1.807, 2.05) is 30.3 Å². The molecule has 0 amide bonds. The van der Waals surface area contributed by atoms with Crippen LogP contribution in [0.25, 0.3) is 0 Å². The second-order valence-electron chi connectivity index (χ2n) is 6.29. The van der Waals surface area contributed by atoms with Gasteiger partial charge in [-0.3, -0.25) is 19.9 Å². The lowest BCUT2D eigenvalue weighted by Gasteiger charge is -2.35. The molecule has 2 aromatic rings. The van der Waals surface area contributed by atoms with Crippen molar-refractivity contribution in [3.63, 3.8) is 0 Å². The fourth-order valence-electron chi connectivity index (χ4n) is 3.16. The Morgan fingerprint density at radius 2 is 1.56 bits per heavy atom. The van der Waals surface area contributed by atoms with Crippen LogP contribution in [0.15, 0.2) is 48.5 Å². The molecule has 0 saturated carbocycles. The molecule has 6 nitrogen and oxygen atoms in total. The fourth-order valence-corrected chi connectivity index (χ4v) is 3.16. The largest absolute Gasteiger partial charge is 0.496 e. The average molecular weight is 341 g/mol. The Kier molecular flexibility index (Phi) is 5.63. The van der Waals surface area contributed by atoms with Gasteiger partial charge in [0.25, 0.3) is 5.69 Å². The highest BCUT2D eigenvalue weighted by Crippen LogP contribution is 2.20. The van der Waals surface area contributed by atoms with E-state index in [0.29, 0.717) is 0 Å². The summed E-state index contributed by atoms with van der Waals surface area (Å²) in [5, 5.41) is 10.7. The maximum Gasteiger partial charge on any atom is 0.269 e. The maximum atomic E-state index is 10.7. The number of hydrogen-bond donors (Lipinski definition) is 0. The van der Waals surface area contributed by atoms with Crippen LogP contribution in [0.5, 0.6) is 5.75 Å². The van der Waals surface area contributed by atoms with E-state index in [1.165, 1.54) is 5.56 Å². The molecule has 3 rings (SSSR count). The van der Waals surface area contributed by atoms with Gasteiger partial charge < -0.3 is 4.74 Å². The third kappa shape index (κ3) is 4.55. The Balaban J connectivity index is 1.51. The summed E-state index contributed by atoms with van der Waals surface area (Å²) in [6, 6.07) is 15.0. The molecule has 6 heteroatoms. The molecule has 2 aromatic carbocycles. The Morgan fingerprint density at radius 3 is 2.16 bits per heavy atom. The number of hydrogen-bond acceptors (Lipinski definition) is 5. The van der Waals surface area contributed by atoms with Gasteiger partial charge in [-0.05, 0) is 11.6 Å². The number of non-ortho nitro benzene ring substituents is 1. The highest BCUT2D eigenvalue weighted by Gasteiger charge is 2.18. The van der Waals surface area contributed by atoms with E-state index in [1.54, 1.807) is 19.2 Å². The first kappa shape index (κ1) is 17.4. The SMILES string of the molecule is COc1ccccc1CN1CCN(Cc2ccc([N+](=O)[O-])cc2)CC1. The average Bonchev–Trinajstić information content (AvgIpc) is 2.64. The summed E-state index contributed by atoms with van der Waals surface area (Å²) >= 11 is 0. The number of nitro benzene ring substituents is 1. The second-order valence-corrected chi connectivity index (χ2v) is 6.29. The third-order valence-corrected chi connectivity index (χ3v) is 4.60. The Bertz CT molecular complexity index is 710. The number of piperazine rings is 1. The number of ether oxygens (including phenoxy) is 1. The molecule has 0 N–H and O–H groups in total. The van der Waals surface area contributed by atoms with E-state index >= 15 is 0 Å². The molecule has 132 valence electrons. The standard InChI is InChI=1S/C19H23N3O3/c1-25-19-5-3-2-4-17(19)15-21-12-10-20(11-13-21)14-16-6-8-18(9-7-16)22(23)24/h2-9H,10-15H2,1H3. The molecule has 0 unspecified atom stereocenters. The molecular formula is C19H23N3O3. The number of benzene rings is 2. The summed E-state index contributed by atoms with van der Waals surface area (Å²) in [5.74, 6) is 0.941. The van der Waals surface area contributed by atoms with E-state index in [2.05, 4.69) is 15.9 Å². The zero-order valence-electron chi connectivity index (χ0n) is 14.4. The van der Waals surface area contributed by atoms with E-state index in [9.17, 15) is 10.1 Å². The van der Waals surface area contributed by atoms with Crippen molar-refractivity contribution in [3.8, 4) is 5.75 Å². The van der Waals surface area contributed by atoms with Crippen molar-refractivity contribution in [1.29, 1.82) is 0 Å². The lowest BCUT2D eigenvalue weighted by molar-refractivity contribution is -0.384. The van der Waals surface area contributed by atoms with Gasteiger partial charge in [0.05, 0.1) is 12.0 Å². The van der Waals surface area contributed by atoms with E-state index in [4.69, 9.17) is 4.74 Å². The van der Waals surface area contributed by atoms with Crippen molar-refractivity contribution in [2.45, 2.75) is 13.1 Å². The Hall–Kier alpha value is -2.44. The molecule has 0 radical (unpaired) electrons. The number of rotatable bonds is 6. The molecule has 1 aliphatic heterocycles. The van der Waals surface area contributed by atoms with Crippen molar-refractivity contribution < 1.29 is 9.66 Å². The van der Waals surface area contributed by atoms with Gasteiger partial charge in [-0.2, -0.15) is 0 Å². The number of nitro groups is 1. The molecule has 0 spiro atoms. The molecule has 0 aromatic heterocycles. The summed E-state index contributed by atoms with van der Waals surface area (Å²) in [5.41, 5.74) is 2.47. The summed E-state index contributed by atoms with van der Waals surface area (Å²) in [4.78, 5) is 15.2. The van der Waals surface area contributed by atoms with E-state index in [-0.39, 0.29) is 10.6 Å². The third-order valence-electron chi connectivity index (χ3n) is 4.60.